The molecule has 2 rings (SSSR count). The van der Waals surface area contributed by atoms with Crippen LogP contribution in [0.3, 0.4) is 0 Å². The first-order valence-electron chi connectivity index (χ1n) is 6.94. The molecule has 2 atom stereocenters. The van der Waals surface area contributed by atoms with Crippen molar-refractivity contribution in [2.75, 3.05) is 6.54 Å². The number of urea groups is 1. The van der Waals surface area contributed by atoms with Crippen molar-refractivity contribution < 1.29 is 14.7 Å². The first-order valence-corrected chi connectivity index (χ1v) is 7.32. The molecule has 114 valence electrons. The number of benzene rings is 1. The Balaban J connectivity index is 2.07. The van der Waals surface area contributed by atoms with Gasteiger partial charge in [0, 0.05) is 10.6 Å². The molecule has 0 saturated carbocycles. The molecule has 0 bridgehead atoms. The highest BCUT2D eigenvalue weighted by Gasteiger charge is 2.39. The minimum Gasteiger partial charge on any atom is -0.386 e. The Bertz CT molecular complexity index is 547. The molecule has 1 saturated heterocycles. The average molecular weight is 311 g/mol. The standard InChI is InChI=1S/C15H19ClN2O3/c1-9(2)7-12-14(20)18(15(21)17-12)8-13(19)10-5-3-4-6-11(10)16/h3-6,9,12-13,19H,7-8H2,1-2H3,(H,17,21). The number of rotatable bonds is 5. The van der Waals surface area contributed by atoms with Crippen LogP contribution in [0.5, 0.6) is 0 Å². The van der Waals surface area contributed by atoms with E-state index in [-0.39, 0.29) is 12.5 Å². The number of amides is 3. The lowest BCUT2D eigenvalue weighted by molar-refractivity contribution is -0.128. The largest absolute Gasteiger partial charge is 0.386 e. The molecule has 1 aliphatic rings. The summed E-state index contributed by atoms with van der Waals surface area (Å²) in [6.45, 7) is 3.88. The lowest BCUT2D eigenvalue weighted by atomic mass is 10.0. The van der Waals surface area contributed by atoms with Gasteiger partial charge in [-0.1, -0.05) is 43.6 Å². The molecule has 2 N–H and O–H groups in total. The number of aliphatic hydroxyl groups is 1. The van der Waals surface area contributed by atoms with Crippen LogP contribution in [0.15, 0.2) is 24.3 Å². The summed E-state index contributed by atoms with van der Waals surface area (Å²) in [5, 5.41) is 13.3. The summed E-state index contributed by atoms with van der Waals surface area (Å²) in [5.41, 5.74) is 0.507. The summed E-state index contributed by atoms with van der Waals surface area (Å²) in [4.78, 5) is 25.1. The molecule has 21 heavy (non-hydrogen) atoms. The summed E-state index contributed by atoms with van der Waals surface area (Å²) in [6, 6.07) is 5.88. The van der Waals surface area contributed by atoms with Gasteiger partial charge in [-0.05, 0) is 18.4 Å². The van der Waals surface area contributed by atoms with Crippen LogP contribution < -0.4 is 5.32 Å². The second kappa shape index (κ2) is 6.45. The Morgan fingerprint density at radius 3 is 2.62 bits per heavy atom. The summed E-state index contributed by atoms with van der Waals surface area (Å²) >= 11 is 6.01. The summed E-state index contributed by atoms with van der Waals surface area (Å²) in [5.74, 6) is 0.00694. The molecule has 0 aliphatic carbocycles. The molecule has 1 fully saturated rings. The zero-order chi connectivity index (χ0) is 15.6. The van der Waals surface area contributed by atoms with E-state index in [0.717, 1.165) is 4.90 Å². The van der Waals surface area contributed by atoms with Gasteiger partial charge in [0.1, 0.15) is 6.04 Å². The van der Waals surface area contributed by atoms with Crippen LogP contribution in [0.2, 0.25) is 5.02 Å². The third kappa shape index (κ3) is 3.54. The summed E-state index contributed by atoms with van der Waals surface area (Å²) in [6.07, 6.45) is -0.408. The zero-order valence-corrected chi connectivity index (χ0v) is 12.8. The second-order valence-corrected chi connectivity index (χ2v) is 6.02. The molecule has 1 aromatic rings. The Labute approximate surface area is 128 Å². The molecular formula is C15H19ClN2O3. The van der Waals surface area contributed by atoms with Gasteiger partial charge in [0.2, 0.25) is 0 Å². The first-order chi connectivity index (χ1) is 9.90. The molecule has 0 aromatic heterocycles. The van der Waals surface area contributed by atoms with E-state index in [0.29, 0.717) is 22.9 Å². The maximum Gasteiger partial charge on any atom is 0.324 e. The Morgan fingerprint density at radius 2 is 2.00 bits per heavy atom. The summed E-state index contributed by atoms with van der Waals surface area (Å²) in [7, 11) is 0. The lowest BCUT2D eigenvalue weighted by Crippen LogP contribution is -2.35. The maximum atomic E-state index is 12.2. The molecule has 1 aliphatic heterocycles. The predicted octanol–water partition coefficient (Wildman–Crippen LogP) is 2.34. The highest BCUT2D eigenvalue weighted by molar-refractivity contribution is 6.31. The van der Waals surface area contributed by atoms with Gasteiger partial charge in [0.15, 0.2) is 0 Å². The lowest BCUT2D eigenvalue weighted by Gasteiger charge is -2.19. The fraction of sp³-hybridized carbons (Fsp3) is 0.467. The number of aliphatic hydroxyl groups excluding tert-OH is 1. The topological polar surface area (TPSA) is 69.6 Å². The van der Waals surface area contributed by atoms with E-state index in [9.17, 15) is 14.7 Å². The molecule has 3 amide bonds. The normalized spacial score (nSPS) is 20.0. The van der Waals surface area contributed by atoms with Crippen molar-refractivity contribution in [1.29, 1.82) is 0 Å². The Morgan fingerprint density at radius 1 is 1.33 bits per heavy atom. The van der Waals surface area contributed by atoms with Gasteiger partial charge >= 0.3 is 6.03 Å². The van der Waals surface area contributed by atoms with Crippen molar-refractivity contribution in [3.8, 4) is 0 Å². The van der Waals surface area contributed by atoms with Gasteiger partial charge in [0.25, 0.3) is 5.91 Å². The van der Waals surface area contributed by atoms with Gasteiger partial charge in [-0.25, -0.2) is 4.79 Å². The van der Waals surface area contributed by atoms with Crippen molar-refractivity contribution in [2.24, 2.45) is 5.92 Å². The van der Waals surface area contributed by atoms with Crippen LogP contribution in [-0.2, 0) is 4.79 Å². The minimum absolute atomic E-state index is 0.0943. The third-order valence-corrected chi connectivity index (χ3v) is 3.78. The smallest absolute Gasteiger partial charge is 0.324 e. The van der Waals surface area contributed by atoms with Gasteiger partial charge in [-0.15, -0.1) is 0 Å². The van der Waals surface area contributed by atoms with E-state index in [1.54, 1.807) is 24.3 Å². The van der Waals surface area contributed by atoms with Gasteiger partial charge in [-0.2, -0.15) is 0 Å². The highest BCUT2D eigenvalue weighted by atomic mass is 35.5. The fourth-order valence-electron chi connectivity index (χ4n) is 2.40. The molecule has 6 heteroatoms. The quantitative estimate of drug-likeness (QED) is 0.820. The number of imide groups is 1. The number of nitrogens with one attached hydrogen (secondary N) is 1. The van der Waals surface area contributed by atoms with Crippen LogP contribution in [0.4, 0.5) is 4.79 Å². The zero-order valence-electron chi connectivity index (χ0n) is 12.0. The van der Waals surface area contributed by atoms with Crippen molar-refractivity contribution >= 4 is 23.5 Å². The minimum atomic E-state index is -0.994. The summed E-state index contributed by atoms with van der Waals surface area (Å²) < 4.78 is 0. The Kier molecular flexibility index (Phi) is 4.85. The Hall–Kier alpha value is -1.59. The molecule has 0 radical (unpaired) electrons. The van der Waals surface area contributed by atoms with Gasteiger partial charge in [0.05, 0.1) is 12.6 Å². The molecule has 5 nitrogen and oxygen atoms in total. The first kappa shape index (κ1) is 15.8. The van der Waals surface area contributed by atoms with Crippen LogP contribution >= 0.6 is 11.6 Å². The monoisotopic (exact) mass is 310 g/mol. The van der Waals surface area contributed by atoms with Crippen LogP contribution in [-0.4, -0.2) is 34.5 Å². The van der Waals surface area contributed by atoms with E-state index >= 15 is 0 Å². The van der Waals surface area contributed by atoms with E-state index in [1.807, 2.05) is 13.8 Å². The van der Waals surface area contributed by atoms with Crippen LogP contribution in [0.25, 0.3) is 0 Å². The molecule has 0 spiro atoms. The van der Waals surface area contributed by atoms with E-state index < -0.39 is 18.2 Å². The van der Waals surface area contributed by atoms with Crippen molar-refractivity contribution in [3.63, 3.8) is 0 Å². The number of β-amino-alcohol motifs (C(OH)–C–C–N with tert-alkyl or cyclic N) is 1. The van der Waals surface area contributed by atoms with E-state index in [1.165, 1.54) is 0 Å². The van der Waals surface area contributed by atoms with E-state index in [4.69, 9.17) is 11.6 Å². The van der Waals surface area contributed by atoms with Crippen molar-refractivity contribution in [1.82, 2.24) is 10.2 Å². The van der Waals surface area contributed by atoms with Gasteiger partial charge < -0.3 is 10.4 Å². The molecule has 2 unspecified atom stereocenters. The number of carbonyl (C=O) groups excluding carboxylic acids is 2. The number of carbonyl (C=O) groups is 2. The predicted molar refractivity (Wildman–Crippen MR) is 79.9 cm³/mol. The van der Waals surface area contributed by atoms with Crippen molar-refractivity contribution in [2.45, 2.75) is 32.4 Å². The number of hydrogen-bond acceptors (Lipinski definition) is 3. The third-order valence-electron chi connectivity index (χ3n) is 3.43. The molecule has 1 aromatic carbocycles. The SMILES string of the molecule is CC(C)CC1NC(=O)N(CC(O)c2ccccc2Cl)C1=O. The maximum absolute atomic E-state index is 12.2. The van der Waals surface area contributed by atoms with Gasteiger partial charge in [-0.3, -0.25) is 9.69 Å². The number of hydrogen-bond donors (Lipinski definition) is 2. The fourth-order valence-corrected chi connectivity index (χ4v) is 2.66. The van der Waals surface area contributed by atoms with Crippen LogP contribution in [0, 0.1) is 5.92 Å². The van der Waals surface area contributed by atoms with Crippen molar-refractivity contribution in [3.05, 3.63) is 34.9 Å². The van der Waals surface area contributed by atoms with E-state index in [2.05, 4.69) is 5.32 Å². The molecular weight excluding hydrogens is 292 g/mol. The molecule has 1 heterocycles. The van der Waals surface area contributed by atoms with Crippen LogP contribution in [0.1, 0.15) is 31.9 Å². The average Bonchev–Trinajstić information content (AvgIpc) is 2.66. The number of halogens is 1. The number of nitrogens with zero attached hydrogens (tertiary/aromatic N) is 1. The highest BCUT2D eigenvalue weighted by Crippen LogP contribution is 2.25. The second-order valence-electron chi connectivity index (χ2n) is 5.62.